The molecule has 0 saturated carbocycles. The number of hydrogen-bond acceptors (Lipinski definition) is 5. The number of fused-ring (bicyclic) bond motifs is 1. The van der Waals surface area contributed by atoms with Crippen LogP contribution in [-0.2, 0) is 11.2 Å². The van der Waals surface area contributed by atoms with Gasteiger partial charge < -0.3 is 15.5 Å². The van der Waals surface area contributed by atoms with Crippen molar-refractivity contribution in [2.24, 2.45) is 0 Å². The Kier molecular flexibility index (Phi) is 4.99. The molecule has 0 atom stereocenters. The number of carbonyl (C=O) groups is 2. The molecule has 0 aliphatic rings. The number of carboxylic acid groups (broad SMARTS) is 1. The number of carboxylic acids is 1. The minimum Gasteiger partial charge on any atom is -0.499 e. The van der Waals surface area contributed by atoms with Gasteiger partial charge in [0.1, 0.15) is 12.1 Å². The highest BCUT2D eigenvalue weighted by molar-refractivity contribution is 7.20. The first-order chi connectivity index (χ1) is 12.5. The number of nitrogens with one attached hydrogen (secondary N) is 1. The van der Waals surface area contributed by atoms with E-state index in [2.05, 4.69) is 5.32 Å². The molecular weight excluding hydrogens is 354 g/mol. The van der Waals surface area contributed by atoms with Gasteiger partial charge in [-0.1, -0.05) is 47.7 Å². The first kappa shape index (κ1) is 17.6. The van der Waals surface area contributed by atoms with E-state index in [-0.39, 0.29) is 0 Å². The lowest BCUT2D eigenvalue weighted by atomic mass is 10.0. The minimum atomic E-state index is -1.24. The minimum absolute atomic E-state index is 0.310. The molecule has 0 aliphatic heterocycles. The summed E-state index contributed by atoms with van der Waals surface area (Å²) < 4.78 is 0.565. The smallest absolute Gasteiger partial charge is 0.322 e. The van der Waals surface area contributed by atoms with E-state index in [1.54, 1.807) is 12.1 Å². The molecule has 0 radical (unpaired) electrons. The van der Waals surface area contributed by atoms with E-state index in [4.69, 9.17) is 5.11 Å². The molecular formula is C19H15NO5S. The molecule has 132 valence electrons. The fourth-order valence-corrected chi connectivity index (χ4v) is 3.59. The van der Waals surface area contributed by atoms with Crippen molar-refractivity contribution in [1.29, 1.82) is 0 Å². The van der Waals surface area contributed by atoms with Crippen molar-refractivity contribution >= 4 is 33.3 Å². The van der Waals surface area contributed by atoms with Crippen molar-refractivity contribution in [1.82, 2.24) is 5.32 Å². The maximum atomic E-state index is 12.5. The highest BCUT2D eigenvalue weighted by atomic mass is 32.1. The van der Waals surface area contributed by atoms with Crippen LogP contribution in [-0.4, -0.2) is 28.6 Å². The summed E-state index contributed by atoms with van der Waals surface area (Å²) in [5.41, 5.74) is 1.04. The molecule has 3 aromatic rings. The molecule has 1 aromatic heterocycles. The van der Waals surface area contributed by atoms with Gasteiger partial charge in [-0.15, -0.1) is 0 Å². The van der Waals surface area contributed by atoms with Gasteiger partial charge in [-0.05, 0) is 29.7 Å². The Balaban J connectivity index is 1.97. The van der Waals surface area contributed by atoms with E-state index < -0.39 is 34.5 Å². The Labute approximate surface area is 152 Å². The van der Waals surface area contributed by atoms with Crippen LogP contribution in [0.15, 0.2) is 53.3 Å². The average Bonchev–Trinajstić information content (AvgIpc) is 2.60. The molecule has 2 aromatic carbocycles. The van der Waals surface area contributed by atoms with Crippen molar-refractivity contribution < 1.29 is 19.8 Å². The second-order valence-electron chi connectivity index (χ2n) is 5.68. The van der Waals surface area contributed by atoms with E-state index in [1.165, 1.54) is 0 Å². The van der Waals surface area contributed by atoms with Crippen molar-refractivity contribution in [2.75, 3.05) is 6.54 Å². The van der Waals surface area contributed by atoms with Gasteiger partial charge in [0.15, 0.2) is 5.06 Å². The summed E-state index contributed by atoms with van der Waals surface area (Å²) in [5.74, 6) is -2.14. The SMILES string of the molecule is O=C(O)CNC(=O)c1c(O)sc2cc(Cc3ccccc3)ccc2c1=O. The Morgan fingerprint density at radius 2 is 1.77 bits per heavy atom. The Bertz CT molecular complexity index is 1040. The predicted molar refractivity (Wildman–Crippen MR) is 99.0 cm³/mol. The maximum Gasteiger partial charge on any atom is 0.322 e. The number of hydrogen-bond donors (Lipinski definition) is 3. The molecule has 0 aliphatic carbocycles. The van der Waals surface area contributed by atoms with Crippen LogP contribution < -0.4 is 10.7 Å². The largest absolute Gasteiger partial charge is 0.499 e. The van der Waals surface area contributed by atoms with Gasteiger partial charge in [0.2, 0.25) is 5.43 Å². The molecule has 0 saturated heterocycles. The monoisotopic (exact) mass is 369 g/mol. The summed E-state index contributed by atoms with van der Waals surface area (Å²) in [4.78, 5) is 35.1. The summed E-state index contributed by atoms with van der Waals surface area (Å²) >= 11 is 0.917. The number of rotatable bonds is 5. The normalized spacial score (nSPS) is 10.6. The van der Waals surface area contributed by atoms with Gasteiger partial charge >= 0.3 is 5.97 Å². The van der Waals surface area contributed by atoms with Crippen LogP contribution in [0.1, 0.15) is 21.5 Å². The lowest BCUT2D eigenvalue weighted by Crippen LogP contribution is -2.32. The highest BCUT2D eigenvalue weighted by Crippen LogP contribution is 2.29. The van der Waals surface area contributed by atoms with E-state index in [0.717, 1.165) is 22.5 Å². The average molecular weight is 369 g/mol. The van der Waals surface area contributed by atoms with E-state index in [1.807, 2.05) is 36.4 Å². The first-order valence-corrected chi connectivity index (χ1v) is 8.60. The fourth-order valence-electron chi connectivity index (χ4n) is 2.61. The number of amides is 1. The standard InChI is InChI=1S/C19H15NO5S/c21-15(22)10-20-18(24)16-17(23)13-7-6-12(9-14(13)26-19(16)25)8-11-4-2-1-3-5-11/h1-7,9,25H,8,10H2,(H,20,24)(H,21,22). The van der Waals surface area contributed by atoms with Crippen LogP contribution in [0, 0.1) is 0 Å². The van der Waals surface area contributed by atoms with Crippen LogP contribution in [0.5, 0.6) is 5.06 Å². The second kappa shape index (κ2) is 7.37. The van der Waals surface area contributed by atoms with Gasteiger partial charge in [-0.3, -0.25) is 14.4 Å². The van der Waals surface area contributed by atoms with Crippen LogP contribution in [0.25, 0.3) is 10.1 Å². The molecule has 0 bridgehead atoms. The third kappa shape index (κ3) is 3.73. The Morgan fingerprint density at radius 3 is 2.46 bits per heavy atom. The first-order valence-electron chi connectivity index (χ1n) is 7.78. The molecule has 0 fully saturated rings. The van der Waals surface area contributed by atoms with Crippen LogP contribution in [0.2, 0.25) is 0 Å². The lowest BCUT2D eigenvalue weighted by molar-refractivity contribution is -0.135. The number of aliphatic carboxylic acids is 1. The molecule has 0 spiro atoms. The summed E-state index contributed by atoms with van der Waals surface area (Å²) in [5, 5.41) is 20.7. The highest BCUT2D eigenvalue weighted by Gasteiger charge is 2.19. The second-order valence-corrected chi connectivity index (χ2v) is 6.71. The predicted octanol–water partition coefficient (Wildman–Crippen LogP) is 2.37. The lowest BCUT2D eigenvalue weighted by Gasteiger charge is -2.07. The quantitative estimate of drug-likeness (QED) is 0.641. The number of carbonyl (C=O) groups excluding carboxylic acids is 1. The summed E-state index contributed by atoms with van der Waals surface area (Å²) in [6, 6.07) is 15.1. The van der Waals surface area contributed by atoms with Gasteiger partial charge in [0, 0.05) is 10.1 Å². The van der Waals surface area contributed by atoms with Crippen LogP contribution >= 0.6 is 11.3 Å². The number of aromatic hydroxyl groups is 1. The van der Waals surface area contributed by atoms with Crippen molar-refractivity contribution in [2.45, 2.75) is 6.42 Å². The molecule has 3 rings (SSSR count). The molecule has 6 nitrogen and oxygen atoms in total. The van der Waals surface area contributed by atoms with Crippen LogP contribution in [0.3, 0.4) is 0 Å². The van der Waals surface area contributed by atoms with Crippen molar-refractivity contribution in [3.63, 3.8) is 0 Å². The molecule has 3 N–H and O–H groups in total. The molecule has 0 unspecified atom stereocenters. The third-order valence-corrected chi connectivity index (χ3v) is 4.77. The summed E-state index contributed by atoms with van der Waals surface area (Å²) in [7, 11) is 0. The Morgan fingerprint density at radius 1 is 1.04 bits per heavy atom. The fraction of sp³-hybridized carbons (Fsp3) is 0.105. The van der Waals surface area contributed by atoms with E-state index >= 15 is 0 Å². The Hall–Kier alpha value is -3.19. The van der Waals surface area contributed by atoms with Gasteiger partial charge in [-0.2, -0.15) is 0 Å². The maximum absolute atomic E-state index is 12.5. The molecule has 26 heavy (non-hydrogen) atoms. The zero-order chi connectivity index (χ0) is 18.7. The van der Waals surface area contributed by atoms with Crippen LogP contribution in [0.4, 0.5) is 0 Å². The van der Waals surface area contributed by atoms with Crippen molar-refractivity contribution in [3.8, 4) is 5.06 Å². The summed E-state index contributed by atoms with van der Waals surface area (Å²) in [6.45, 7) is -0.629. The molecule has 7 heteroatoms. The molecule has 1 amide bonds. The van der Waals surface area contributed by atoms with E-state index in [9.17, 15) is 19.5 Å². The van der Waals surface area contributed by atoms with Crippen molar-refractivity contribution in [3.05, 3.63) is 75.4 Å². The topological polar surface area (TPSA) is 104 Å². The number of benzene rings is 2. The van der Waals surface area contributed by atoms with E-state index in [0.29, 0.717) is 16.5 Å². The zero-order valence-corrected chi connectivity index (χ0v) is 14.4. The van der Waals surface area contributed by atoms with Gasteiger partial charge in [0.25, 0.3) is 5.91 Å². The summed E-state index contributed by atoms with van der Waals surface area (Å²) in [6.07, 6.45) is 0.680. The molecule has 1 heterocycles. The zero-order valence-electron chi connectivity index (χ0n) is 13.6. The third-order valence-electron chi connectivity index (χ3n) is 3.82. The van der Waals surface area contributed by atoms with Gasteiger partial charge in [-0.25, -0.2) is 0 Å². The van der Waals surface area contributed by atoms with Gasteiger partial charge in [0.05, 0.1) is 0 Å².